The van der Waals surface area contributed by atoms with E-state index < -0.39 is 5.97 Å². The number of para-hydroxylation sites is 1. The first-order valence-corrected chi connectivity index (χ1v) is 7.24. The number of rotatable bonds is 7. The summed E-state index contributed by atoms with van der Waals surface area (Å²) in [6, 6.07) is 6.96. The van der Waals surface area contributed by atoms with Crippen molar-refractivity contribution in [3.8, 4) is 5.69 Å². The summed E-state index contributed by atoms with van der Waals surface area (Å²) in [6.45, 7) is 0.390. The summed E-state index contributed by atoms with van der Waals surface area (Å²) in [7, 11) is 0. The third-order valence-corrected chi connectivity index (χ3v) is 3.45. The van der Waals surface area contributed by atoms with Crippen LogP contribution in [0, 0.1) is 0 Å². The smallest absolute Gasteiger partial charge is 0.313 e. The quantitative estimate of drug-likeness (QED) is 0.703. The van der Waals surface area contributed by atoms with Gasteiger partial charge in [-0.15, -0.1) is 16.9 Å². The minimum atomic E-state index is -0.865. The number of carbonyl (C=O) groups is 2. The van der Waals surface area contributed by atoms with Crippen LogP contribution < -0.4 is 5.32 Å². The molecule has 2 aromatic rings. The summed E-state index contributed by atoms with van der Waals surface area (Å²) in [5, 5.41) is 22.1. The van der Waals surface area contributed by atoms with Crippen molar-refractivity contribution in [2.24, 2.45) is 0 Å². The van der Waals surface area contributed by atoms with Gasteiger partial charge in [0.15, 0.2) is 0 Å². The number of nitrogens with zero attached hydrogens (tertiary/aromatic N) is 4. The fourth-order valence-corrected chi connectivity index (χ4v) is 2.19. The van der Waals surface area contributed by atoms with E-state index in [4.69, 9.17) is 5.11 Å². The van der Waals surface area contributed by atoms with Crippen LogP contribution in [0.15, 0.2) is 30.6 Å². The highest BCUT2D eigenvalue weighted by Crippen LogP contribution is 2.12. The monoisotopic (exact) mass is 307 g/mol. The van der Waals surface area contributed by atoms with Gasteiger partial charge in [0.1, 0.15) is 6.33 Å². The maximum Gasteiger partial charge on any atom is 0.313 e. The molecular weight excluding hydrogens is 294 g/mol. The molecule has 110 valence electrons. The van der Waals surface area contributed by atoms with E-state index in [0.717, 1.165) is 0 Å². The molecule has 1 amide bonds. The van der Waals surface area contributed by atoms with Crippen molar-refractivity contribution in [1.82, 2.24) is 25.5 Å². The molecule has 0 unspecified atom stereocenters. The Morgan fingerprint density at radius 2 is 2.14 bits per heavy atom. The molecule has 0 fully saturated rings. The highest BCUT2D eigenvalue weighted by molar-refractivity contribution is 7.99. The van der Waals surface area contributed by atoms with Gasteiger partial charge >= 0.3 is 5.97 Å². The number of benzene rings is 1. The van der Waals surface area contributed by atoms with Crippen molar-refractivity contribution in [2.45, 2.75) is 0 Å². The zero-order valence-corrected chi connectivity index (χ0v) is 11.8. The van der Waals surface area contributed by atoms with E-state index in [1.165, 1.54) is 22.8 Å². The lowest BCUT2D eigenvalue weighted by Crippen LogP contribution is -2.27. The molecule has 0 aliphatic heterocycles. The molecule has 2 N–H and O–H groups in total. The lowest BCUT2D eigenvalue weighted by Gasteiger charge is -2.08. The van der Waals surface area contributed by atoms with Gasteiger partial charge in [-0.2, -0.15) is 4.68 Å². The molecule has 0 atom stereocenters. The maximum atomic E-state index is 12.1. The zero-order valence-electron chi connectivity index (χ0n) is 11.0. The Hall–Kier alpha value is -2.42. The second kappa shape index (κ2) is 7.39. The molecule has 21 heavy (non-hydrogen) atoms. The SMILES string of the molecule is O=C(O)CSCCNC(=O)c1ccccc1-n1cnnn1. The molecule has 0 saturated heterocycles. The van der Waals surface area contributed by atoms with E-state index in [1.807, 2.05) is 0 Å². The number of aliphatic carboxylic acids is 1. The first kappa shape index (κ1) is 15.0. The largest absolute Gasteiger partial charge is 0.481 e. The van der Waals surface area contributed by atoms with E-state index in [-0.39, 0.29) is 11.7 Å². The molecule has 0 bridgehead atoms. The van der Waals surface area contributed by atoms with Crippen molar-refractivity contribution in [3.05, 3.63) is 36.2 Å². The second-order valence-electron chi connectivity index (χ2n) is 3.97. The predicted octanol–water partition coefficient (Wildman–Crippen LogP) is 0.210. The van der Waals surface area contributed by atoms with E-state index >= 15 is 0 Å². The van der Waals surface area contributed by atoms with Crippen LogP contribution in [0.1, 0.15) is 10.4 Å². The Balaban J connectivity index is 1.95. The molecule has 9 heteroatoms. The summed E-state index contributed by atoms with van der Waals surface area (Å²) in [4.78, 5) is 22.5. The molecule has 0 aliphatic rings. The van der Waals surface area contributed by atoms with Gasteiger partial charge in [0.05, 0.1) is 17.0 Å². The van der Waals surface area contributed by atoms with Gasteiger partial charge in [-0.05, 0) is 22.6 Å². The lowest BCUT2D eigenvalue weighted by atomic mass is 10.1. The van der Waals surface area contributed by atoms with Crippen LogP contribution in [-0.4, -0.2) is 55.2 Å². The Morgan fingerprint density at radius 1 is 1.33 bits per heavy atom. The van der Waals surface area contributed by atoms with Crippen molar-refractivity contribution in [3.63, 3.8) is 0 Å². The fourth-order valence-electron chi connectivity index (χ4n) is 1.63. The number of tetrazole rings is 1. The Morgan fingerprint density at radius 3 is 2.86 bits per heavy atom. The topological polar surface area (TPSA) is 110 Å². The number of nitrogens with one attached hydrogen (secondary N) is 1. The summed E-state index contributed by atoms with van der Waals surface area (Å²) >= 11 is 1.25. The van der Waals surface area contributed by atoms with E-state index in [9.17, 15) is 9.59 Å². The van der Waals surface area contributed by atoms with Crippen LogP contribution in [0.3, 0.4) is 0 Å². The van der Waals surface area contributed by atoms with Gasteiger partial charge in [0.25, 0.3) is 5.91 Å². The first-order valence-electron chi connectivity index (χ1n) is 6.08. The van der Waals surface area contributed by atoms with Gasteiger partial charge in [-0.3, -0.25) is 9.59 Å². The lowest BCUT2D eigenvalue weighted by molar-refractivity contribution is -0.133. The fraction of sp³-hybridized carbons (Fsp3) is 0.250. The molecule has 0 saturated carbocycles. The van der Waals surface area contributed by atoms with Crippen LogP contribution in [0.5, 0.6) is 0 Å². The third kappa shape index (κ3) is 4.28. The Labute approximate surface area is 124 Å². The number of carboxylic acids is 1. The summed E-state index contributed by atoms with van der Waals surface area (Å²) in [5.41, 5.74) is 1.03. The van der Waals surface area contributed by atoms with Gasteiger partial charge in [0, 0.05) is 12.3 Å². The van der Waals surface area contributed by atoms with Crippen LogP contribution in [-0.2, 0) is 4.79 Å². The molecule has 0 spiro atoms. The number of carbonyl (C=O) groups excluding carboxylic acids is 1. The second-order valence-corrected chi connectivity index (χ2v) is 5.08. The molecular formula is C12H13N5O3S. The average Bonchev–Trinajstić information content (AvgIpc) is 3.00. The zero-order chi connectivity index (χ0) is 15.1. The number of hydrogen-bond donors (Lipinski definition) is 2. The summed E-state index contributed by atoms with van der Waals surface area (Å²) < 4.78 is 1.41. The van der Waals surface area contributed by atoms with Crippen LogP contribution >= 0.6 is 11.8 Å². The molecule has 2 rings (SSSR count). The summed E-state index contributed by atoms with van der Waals surface area (Å²) in [6.07, 6.45) is 1.41. The molecule has 8 nitrogen and oxygen atoms in total. The van der Waals surface area contributed by atoms with E-state index in [0.29, 0.717) is 23.5 Å². The van der Waals surface area contributed by atoms with E-state index in [1.54, 1.807) is 24.3 Å². The van der Waals surface area contributed by atoms with E-state index in [2.05, 4.69) is 20.8 Å². The Kier molecular flexibility index (Phi) is 5.27. The highest BCUT2D eigenvalue weighted by Gasteiger charge is 2.12. The number of thioether (sulfide) groups is 1. The molecule has 1 aromatic heterocycles. The van der Waals surface area contributed by atoms with Crippen molar-refractivity contribution >= 4 is 23.6 Å². The van der Waals surface area contributed by atoms with Crippen molar-refractivity contribution in [2.75, 3.05) is 18.1 Å². The summed E-state index contributed by atoms with van der Waals surface area (Å²) in [5.74, 6) is -0.560. The van der Waals surface area contributed by atoms with Crippen LogP contribution in [0.4, 0.5) is 0 Å². The van der Waals surface area contributed by atoms with Crippen LogP contribution in [0.2, 0.25) is 0 Å². The van der Waals surface area contributed by atoms with Crippen LogP contribution in [0.25, 0.3) is 5.69 Å². The van der Waals surface area contributed by atoms with Gasteiger partial charge in [0.2, 0.25) is 0 Å². The minimum absolute atomic E-state index is 0.0249. The number of carboxylic acid groups (broad SMARTS) is 1. The normalized spacial score (nSPS) is 10.3. The van der Waals surface area contributed by atoms with Crippen molar-refractivity contribution < 1.29 is 14.7 Å². The average molecular weight is 307 g/mol. The number of aromatic nitrogens is 4. The minimum Gasteiger partial charge on any atom is -0.481 e. The first-order chi connectivity index (χ1) is 10.2. The standard InChI is InChI=1S/C12H13N5O3S/c18-11(19)7-21-6-5-13-12(20)9-3-1-2-4-10(9)17-8-14-15-16-17/h1-4,8H,5-7H2,(H,13,20)(H,18,19). The molecule has 0 aliphatic carbocycles. The third-order valence-electron chi connectivity index (χ3n) is 2.50. The molecule has 0 radical (unpaired) electrons. The number of amides is 1. The maximum absolute atomic E-state index is 12.1. The van der Waals surface area contributed by atoms with Crippen molar-refractivity contribution in [1.29, 1.82) is 0 Å². The van der Waals surface area contributed by atoms with Gasteiger partial charge in [-0.1, -0.05) is 12.1 Å². The van der Waals surface area contributed by atoms with Gasteiger partial charge in [-0.25, -0.2) is 0 Å². The molecule has 1 heterocycles. The molecule has 1 aromatic carbocycles. The van der Waals surface area contributed by atoms with Gasteiger partial charge < -0.3 is 10.4 Å². The predicted molar refractivity (Wildman–Crippen MR) is 76.4 cm³/mol. The highest BCUT2D eigenvalue weighted by atomic mass is 32.2. The number of hydrogen-bond acceptors (Lipinski definition) is 6. The Bertz CT molecular complexity index is 617.